The van der Waals surface area contributed by atoms with E-state index >= 15 is 0 Å². The van der Waals surface area contributed by atoms with Crippen molar-refractivity contribution in [3.8, 4) is 0 Å². The predicted molar refractivity (Wildman–Crippen MR) is 82.4 cm³/mol. The molecular formula is C16H20N4O2. The van der Waals surface area contributed by atoms with E-state index in [9.17, 15) is 4.79 Å². The second-order valence-corrected chi connectivity index (χ2v) is 6.03. The van der Waals surface area contributed by atoms with Crippen LogP contribution in [0, 0.1) is 0 Å². The standard InChI is InChI=1S/C16H20N4O2/c21-16-17-7-9-20(16)12-4-3-8-19(10-12)11-15-18-13-5-1-2-6-14(13)22-15/h1-2,5-6,12H,3-4,7-11H2,(H,17,21). The predicted octanol–water partition coefficient (Wildman–Crippen LogP) is 1.82. The molecule has 0 bridgehead atoms. The molecule has 2 aliphatic rings. The molecule has 2 amide bonds. The van der Waals surface area contributed by atoms with Crippen LogP contribution >= 0.6 is 0 Å². The molecule has 6 nitrogen and oxygen atoms in total. The molecule has 1 aromatic heterocycles. The van der Waals surface area contributed by atoms with Crippen LogP contribution in [-0.4, -0.2) is 53.0 Å². The van der Waals surface area contributed by atoms with Crippen molar-refractivity contribution in [2.45, 2.75) is 25.4 Å². The number of rotatable bonds is 3. The maximum absolute atomic E-state index is 11.8. The molecule has 1 aromatic carbocycles. The zero-order chi connectivity index (χ0) is 14.9. The van der Waals surface area contributed by atoms with Crippen LogP contribution in [0.5, 0.6) is 0 Å². The lowest BCUT2D eigenvalue weighted by molar-refractivity contribution is 0.116. The topological polar surface area (TPSA) is 61.6 Å². The summed E-state index contributed by atoms with van der Waals surface area (Å²) in [4.78, 5) is 20.7. The van der Waals surface area contributed by atoms with Crippen LogP contribution in [0.1, 0.15) is 18.7 Å². The number of nitrogens with zero attached hydrogens (tertiary/aromatic N) is 3. The summed E-state index contributed by atoms with van der Waals surface area (Å²) in [5.41, 5.74) is 1.75. The fraction of sp³-hybridized carbons (Fsp3) is 0.500. The van der Waals surface area contributed by atoms with E-state index in [-0.39, 0.29) is 6.03 Å². The Hall–Kier alpha value is -2.08. The Bertz CT molecular complexity index is 651. The first-order chi connectivity index (χ1) is 10.8. The van der Waals surface area contributed by atoms with Gasteiger partial charge in [-0.25, -0.2) is 9.78 Å². The van der Waals surface area contributed by atoms with Gasteiger partial charge in [-0.05, 0) is 31.5 Å². The third-order valence-corrected chi connectivity index (χ3v) is 4.51. The number of oxazole rings is 1. The van der Waals surface area contributed by atoms with E-state index < -0.39 is 0 Å². The second-order valence-electron chi connectivity index (χ2n) is 6.03. The van der Waals surface area contributed by atoms with E-state index in [1.165, 1.54) is 0 Å². The number of piperidine rings is 1. The maximum atomic E-state index is 11.8. The minimum absolute atomic E-state index is 0.0775. The van der Waals surface area contributed by atoms with Crippen molar-refractivity contribution in [1.82, 2.24) is 20.1 Å². The Balaban J connectivity index is 1.45. The molecule has 116 valence electrons. The molecule has 0 saturated carbocycles. The van der Waals surface area contributed by atoms with Gasteiger partial charge in [-0.15, -0.1) is 0 Å². The molecule has 22 heavy (non-hydrogen) atoms. The SMILES string of the molecule is O=C1NCCN1C1CCCN(Cc2nc3ccccc3o2)C1. The van der Waals surface area contributed by atoms with Gasteiger partial charge < -0.3 is 14.6 Å². The van der Waals surface area contributed by atoms with E-state index in [1.54, 1.807) is 0 Å². The molecule has 2 saturated heterocycles. The van der Waals surface area contributed by atoms with Crippen LogP contribution in [0.25, 0.3) is 11.1 Å². The van der Waals surface area contributed by atoms with Crippen molar-refractivity contribution in [1.29, 1.82) is 0 Å². The molecule has 0 spiro atoms. The number of urea groups is 1. The number of benzene rings is 1. The summed E-state index contributed by atoms with van der Waals surface area (Å²) in [5, 5.41) is 2.89. The quantitative estimate of drug-likeness (QED) is 0.939. The molecule has 2 fully saturated rings. The first-order valence-corrected chi connectivity index (χ1v) is 7.91. The van der Waals surface area contributed by atoms with Crippen molar-refractivity contribution < 1.29 is 9.21 Å². The van der Waals surface area contributed by atoms with Crippen molar-refractivity contribution in [2.75, 3.05) is 26.2 Å². The summed E-state index contributed by atoms with van der Waals surface area (Å²) < 4.78 is 5.81. The molecule has 1 N–H and O–H groups in total. The van der Waals surface area contributed by atoms with Crippen LogP contribution in [-0.2, 0) is 6.54 Å². The highest BCUT2D eigenvalue weighted by atomic mass is 16.3. The van der Waals surface area contributed by atoms with Crippen molar-refractivity contribution >= 4 is 17.1 Å². The fourth-order valence-electron chi connectivity index (χ4n) is 3.44. The minimum Gasteiger partial charge on any atom is -0.439 e. The van der Waals surface area contributed by atoms with Crippen LogP contribution in [0.3, 0.4) is 0 Å². The number of fused-ring (bicyclic) bond motifs is 1. The number of carbonyl (C=O) groups excluding carboxylic acids is 1. The van der Waals surface area contributed by atoms with Crippen molar-refractivity contribution in [3.63, 3.8) is 0 Å². The van der Waals surface area contributed by atoms with Gasteiger partial charge in [-0.1, -0.05) is 12.1 Å². The summed E-state index contributed by atoms with van der Waals surface area (Å²) in [6.07, 6.45) is 2.19. The van der Waals surface area contributed by atoms with E-state index in [0.29, 0.717) is 12.6 Å². The van der Waals surface area contributed by atoms with Crippen LogP contribution < -0.4 is 5.32 Å². The Morgan fingerprint density at radius 1 is 1.32 bits per heavy atom. The molecule has 2 aliphatic heterocycles. The summed E-state index contributed by atoms with van der Waals surface area (Å²) in [7, 11) is 0. The molecule has 0 radical (unpaired) electrons. The lowest BCUT2D eigenvalue weighted by Crippen LogP contribution is -2.48. The number of aromatic nitrogens is 1. The van der Waals surface area contributed by atoms with Gasteiger partial charge in [0.2, 0.25) is 5.89 Å². The van der Waals surface area contributed by atoms with Crippen molar-refractivity contribution in [3.05, 3.63) is 30.2 Å². The second kappa shape index (κ2) is 5.61. The molecule has 0 aliphatic carbocycles. The maximum Gasteiger partial charge on any atom is 0.317 e. The zero-order valence-electron chi connectivity index (χ0n) is 12.5. The number of carbonyl (C=O) groups is 1. The van der Waals surface area contributed by atoms with Gasteiger partial charge in [-0.3, -0.25) is 4.90 Å². The normalized spacial score (nSPS) is 23.2. The van der Waals surface area contributed by atoms with E-state index in [4.69, 9.17) is 4.42 Å². The van der Waals surface area contributed by atoms with E-state index in [2.05, 4.69) is 15.2 Å². The summed E-state index contributed by atoms with van der Waals surface area (Å²) in [6, 6.07) is 8.22. The summed E-state index contributed by atoms with van der Waals surface area (Å²) in [5.74, 6) is 0.757. The Labute approximate surface area is 129 Å². The average molecular weight is 300 g/mol. The largest absolute Gasteiger partial charge is 0.439 e. The highest BCUT2D eigenvalue weighted by Gasteiger charge is 2.31. The molecule has 6 heteroatoms. The van der Waals surface area contributed by atoms with Crippen LogP contribution in [0.2, 0.25) is 0 Å². The van der Waals surface area contributed by atoms with Gasteiger partial charge in [0, 0.05) is 25.7 Å². The highest BCUT2D eigenvalue weighted by molar-refractivity contribution is 5.76. The Morgan fingerprint density at radius 3 is 3.05 bits per heavy atom. The molecule has 1 unspecified atom stereocenters. The van der Waals surface area contributed by atoms with Gasteiger partial charge in [0.05, 0.1) is 6.54 Å². The number of hydrogen-bond acceptors (Lipinski definition) is 4. The molecule has 3 heterocycles. The van der Waals surface area contributed by atoms with E-state index in [0.717, 1.165) is 56.0 Å². The van der Waals surface area contributed by atoms with Crippen LogP contribution in [0.15, 0.2) is 28.7 Å². The third-order valence-electron chi connectivity index (χ3n) is 4.51. The number of likely N-dealkylation sites (tertiary alicyclic amines) is 1. The number of nitrogens with one attached hydrogen (secondary N) is 1. The lowest BCUT2D eigenvalue weighted by Gasteiger charge is -2.36. The van der Waals surface area contributed by atoms with Gasteiger partial charge in [-0.2, -0.15) is 0 Å². The summed E-state index contributed by atoms with van der Waals surface area (Å²) >= 11 is 0. The number of para-hydroxylation sites is 2. The minimum atomic E-state index is 0.0775. The highest BCUT2D eigenvalue weighted by Crippen LogP contribution is 2.21. The van der Waals surface area contributed by atoms with Crippen LogP contribution in [0.4, 0.5) is 4.79 Å². The fourth-order valence-corrected chi connectivity index (χ4v) is 3.44. The van der Waals surface area contributed by atoms with Crippen molar-refractivity contribution in [2.24, 2.45) is 0 Å². The smallest absolute Gasteiger partial charge is 0.317 e. The summed E-state index contributed by atoms with van der Waals surface area (Å²) in [6.45, 7) is 4.22. The first-order valence-electron chi connectivity index (χ1n) is 7.91. The molecule has 1 atom stereocenters. The molecular weight excluding hydrogens is 280 g/mol. The Morgan fingerprint density at radius 2 is 2.23 bits per heavy atom. The van der Waals surface area contributed by atoms with Gasteiger partial charge in [0.15, 0.2) is 5.58 Å². The number of hydrogen-bond donors (Lipinski definition) is 1. The lowest BCUT2D eigenvalue weighted by atomic mass is 10.0. The average Bonchev–Trinajstić information content (AvgIpc) is 3.12. The third kappa shape index (κ3) is 2.54. The van der Waals surface area contributed by atoms with Gasteiger partial charge in [0.1, 0.15) is 5.52 Å². The zero-order valence-corrected chi connectivity index (χ0v) is 12.5. The van der Waals surface area contributed by atoms with Gasteiger partial charge in [0.25, 0.3) is 0 Å². The van der Waals surface area contributed by atoms with Gasteiger partial charge >= 0.3 is 6.03 Å². The number of amides is 2. The monoisotopic (exact) mass is 300 g/mol. The molecule has 2 aromatic rings. The molecule has 4 rings (SSSR count). The Kier molecular flexibility index (Phi) is 3.46. The first kappa shape index (κ1) is 13.6. The van der Waals surface area contributed by atoms with E-state index in [1.807, 2.05) is 29.2 Å².